The van der Waals surface area contributed by atoms with Gasteiger partial charge in [-0.25, -0.2) is 19.3 Å². The van der Waals surface area contributed by atoms with Crippen molar-refractivity contribution in [1.82, 2.24) is 29.5 Å². The zero-order chi connectivity index (χ0) is 42.6. The predicted octanol–water partition coefficient (Wildman–Crippen LogP) is 10.1. The number of ether oxygens (including phenoxy) is 2. The van der Waals surface area contributed by atoms with Crippen LogP contribution in [0, 0.1) is 0 Å². The fourth-order valence-corrected chi connectivity index (χ4v) is 8.83. The summed E-state index contributed by atoms with van der Waals surface area (Å²) in [7, 11) is 0.752. The van der Waals surface area contributed by atoms with Gasteiger partial charge in [0.1, 0.15) is 49.2 Å². The minimum Gasteiger partial charge on any atom is -0.373 e. The quantitative estimate of drug-likeness (QED) is 0.0546. The fraction of sp³-hybridized carbons (Fsp3) is 0.200. The lowest BCUT2D eigenvalue weighted by Crippen LogP contribution is -2.38. The average molecular weight is 844 g/mol. The van der Waals surface area contributed by atoms with Crippen LogP contribution in [-0.2, 0) is 34.2 Å². The monoisotopic (exact) mass is 843 g/mol. The Morgan fingerprint density at radius 3 is 0.952 bits per heavy atom. The maximum atomic E-state index is 13.0. The molecule has 62 heavy (non-hydrogen) atoms. The molecular formula is C50H48N6O5P+. The van der Waals surface area contributed by atoms with E-state index in [0.717, 1.165) is 33.4 Å². The van der Waals surface area contributed by atoms with Crippen LogP contribution in [0.5, 0.6) is 0 Å². The first-order valence-corrected chi connectivity index (χ1v) is 21.6. The summed E-state index contributed by atoms with van der Waals surface area (Å²) in [6, 6.07) is 61.6. The van der Waals surface area contributed by atoms with Crippen molar-refractivity contribution in [2.45, 2.75) is 36.1 Å². The molecule has 0 bridgehead atoms. The van der Waals surface area contributed by atoms with Crippen LogP contribution in [0.15, 0.2) is 195 Å². The Hall–Kier alpha value is -6.46. The smallest absolute Gasteiger partial charge is 0.373 e. The molecule has 0 saturated heterocycles. The number of benzene rings is 6. The highest BCUT2D eigenvalue weighted by Gasteiger charge is 2.41. The second-order valence-corrected chi connectivity index (χ2v) is 15.6. The lowest BCUT2D eigenvalue weighted by Gasteiger charge is -2.35. The normalized spacial score (nSPS) is 13.1. The van der Waals surface area contributed by atoms with Gasteiger partial charge in [-0.15, -0.1) is 9.05 Å². The van der Waals surface area contributed by atoms with E-state index >= 15 is 0 Å². The molecule has 2 atom stereocenters. The van der Waals surface area contributed by atoms with Crippen LogP contribution in [0.2, 0.25) is 0 Å². The molecule has 312 valence electrons. The largest absolute Gasteiger partial charge is 0.697 e. The van der Waals surface area contributed by atoms with Crippen LogP contribution in [0.1, 0.15) is 70.1 Å². The predicted molar refractivity (Wildman–Crippen MR) is 238 cm³/mol. The van der Waals surface area contributed by atoms with Gasteiger partial charge in [-0.3, -0.25) is 0 Å². The third-order valence-corrected chi connectivity index (χ3v) is 11.9. The van der Waals surface area contributed by atoms with Crippen molar-refractivity contribution >= 4 is 8.25 Å². The Morgan fingerprint density at radius 2 is 0.710 bits per heavy atom. The van der Waals surface area contributed by atoms with E-state index < -0.39 is 31.5 Å². The van der Waals surface area contributed by atoms with E-state index in [1.165, 1.54) is 0 Å². The number of hydrogen-bond acceptors (Lipinski definition) is 9. The van der Waals surface area contributed by atoms with Crippen molar-refractivity contribution in [2.24, 2.45) is 0 Å². The Bertz CT molecular complexity index is 2220. The van der Waals surface area contributed by atoms with Crippen LogP contribution in [0.4, 0.5) is 0 Å². The molecule has 0 spiro atoms. The van der Waals surface area contributed by atoms with Crippen molar-refractivity contribution in [3.05, 3.63) is 240 Å². The minimum absolute atomic E-state index is 0.0870. The molecule has 2 heterocycles. The molecule has 0 saturated carbocycles. The molecule has 0 radical (unpaired) electrons. The maximum Gasteiger partial charge on any atom is 0.697 e. The highest BCUT2D eigenvalue weighted by Crippen LogP contribution is 2.42. The Balaban J connectivity index is 0.936. The van der Waals surface area contributed by atoms with Crippen molar-refractivity contribution in [3.8, 4) is 0 Å². The van der Waals surface area contributed by atoms with Crippen molar-refractivity contribution in [1.29, 1.82) is 0 Å². The van der Waals surface area contributed by atoms with Crippen LogP contribution in [0.25, 0.3) is 0 Å². The van der Waals surface area contributed by atoms with E-state index in [9.17, 15) is 4.57 Å². The molecule has 2 unspecified atom stereocenters. The SMILES string of the molecule is COC(CCO[P+](=O)OCCC(OC)c1ncn(C(c2ccccc2)(c2ccccc2)c2ccccc2)n1)c1ncn(C(c2ccccc2)(c2ccccc2)c2ccccc2)n1. The average Bonchev–Trinajstić information content (AvgIpc) is 4.04. The molecule has 0 aliphatic carbocycles. The topological polar surface area (TPSA) is 115 Å². The third kappa shape index (κ3) is 8.54. The first-order valence-electron chi connectivity index (χ1n) is 20.5. The van der Waals surface area contributed by atoms with Gasteiger partial charge >= 0.3 is 8.25 Å². The summed E-state index contributed by atoms with van der Waals surface area (Å²) in [5.74, 6) is 0.954. The second kappa shape index (κ2) is 19.9. The highest BCUT2D eigenvalue weighted by molar-refractivity contribution is 7.33. The summed E-state index contributed by atoms with van der Waals surface area (Å²) in [6.45, 7) is 0.174. The number of nitrogens with zero attached hydrogens (tertiary/aromatic N) is 6. The summed E-state index contributed by atoms with van der Waals surface area (Å²) in [5.41, 5.74) is 4.53. The first kappa shape index (κ1) is 42.2. The molecule has 0 fully saturated rings. The van der Waals surface area contributed by atoms with E-state index in [1.54, 1.807) is 26.9 Å². The van der Waals surface area contributed by atoms with Gasteiger partial charge < -0.3 is 9.47 Å². The molecule has 12 heteroatoms. The van der Waals surface area contributed by atoms with Crippen LogP contribution in [0.3, 0.4) is 0 Å². The van der Waals surface area contributed by atoms with E-state index in [2.05, 4.69) is 72.8 Å². The highest BCUT2D eigenvalue weighted by atomic mass is 31.1. The summed E-state index contributed by atoms with van der Waals surface area (Å²) in [6.07, 6.45) is 3.10. The van der Waals surface area contributed by atoms with Gasteiger partial charge in [0.25, 0.3) is 0 Å². The van der Waals surface area contributed by atoms with Crippen molar-refractivity contribution in [2.75, 3.05) is 27.4 Å². The maximum absolute atomic E-state index is 13.0. The lowest BCUT2D eigenvalue weighted by molar-refractivity contribution is 0.0650. The molecule has 8 rings (SSSR count). The van der Waals surface area contributed by atoms with Crippen LogP contribution < -0.4 is 0 Å². The van der Waals surface area contributed by atoms with Gasteiger partial charge in [0, 0.05) is 31.6 Å². The molecule has 2 aromatic heterocycles. The summed E-state index contributed by atoms with van der Waals surface area (Å²) in [4.78, 5) is 9.49. The third-order valence-electron chi connectivity index (χ3n) is 11.2. The molecular weight excluding hydrogens is 796 g/mol. The first-order chi connectivity index (χ1) is 30.6. The summed E-state index contributed by atoms with van der Waals surface area (Å²) in [5, 5.41) is 10.1. The van der Waals surface area contributed by atoms with Crippen molar-refractivity contribution in [3.63, 3.8) is 0 Å². The Labute approximate surface area is 362 Å². The van der Waals surface area contributed by atoms with E-state index in [1.807, 2.05) is 119 Å². The number of rotatable bonds is 20. The van der Waals surface area contributed by atoms with Gasteiger partial charge in [-0.2, -0.15) is 10.2 Å². The molecule has 0 N–H and O–H groups in total. The molecule has 0 amide bonds. The summed E-state index contributed by atoms with van der Waals surface area (Å²) < 4.78 is 39.9. The molecule has 0 aliphatic heterocycles. The second-order valence-electron chi connectivity index (χ2n) is 14.6. The van der Waals surface area contributed by atoms with Crippen LogP contribution >= 0.6 is 8.25 Å². The number of aromatic nitrogens is 6. The van der Waals surface area contributed by atoms with Gasteiger partial charge in [0.2, 0.25) is 0 Å². The van der Waals surface area contributed by atoms with Gasteiger partial charge in [-0.05, 0) is 33.4 Å². The van der Waals surface area contributed by atoms with E-state index in [-0.39, 0.29) is 13.2 Å². The van der Waals surface area contributed by atoms with Crippen LogP contribution in [-0.4, -0.2) is 57.0 Å². The number of methoxy groups -OCH3 is 2. The van der Waals surface area contributed by atoms with E-state index in [4.69, 9.17) is 38.7 Å². The lowest BCUT2D eigenvalue weighted by atomic mass is 9.77. The van der Waals surface area contributed by atoms with E-state index in [0.29, 0.717) is 24.5 Å². The zero-order valence-electron chi connectivity index (χ0n) is 34.6. The Kier molecular flexibility index (Phi) is 13.6. The minimum atomic E-state index is -2.45. The molecule has 0 aliphatic rings. The number of hydrogen-bond donors (Lipinski definition) is 0. The van der Waals surface area contributed by atoms with Gasteiger partial charge in [0.15, 0.2) is 11.6 Å². The van der Waals surface area contributed by atoms with Crippen molar-refractivity contribution < 1.29 is 23.1 Å². The molecule has 6 aromatic carbocycles. The van der Waals surface area contributed by atoms with Gasteiger partial charge in [-0.1, -0.05) is 182 Å². The molecule has 11 nitrogen and oxygen atoms in total. The fourth-order valence-electron chi connectivity index (χ4n) is 8.25. The zero-order valence-corrected chi connectivity index (χ0v) is 35.5. The Morgan fingerprint density at radius 1 is 0.452 bits per heavy atom. The molecule has 8 aromatic rings. The van der Waals surface area contributed by atoms with Gasteiger partial charge in [0.05, 0.1) is 0 Å². The standard InChI is InChI=1S/C50H48N6O5P/c1-58-45(47-51-37-55(53-47)49(39-21-9-3-10-22-39,40-23-11-4-12-24-40)41-25-13-5-14-26-41)33-35-60-62(57)61-36-34-46(59-2)48-52-38-56(54-48)50(42-27-15-6-16-28-42,43-29-17-7-18-30-43)44-31-19-8-20-32-44/h3-32,37-38,45-46H,33-36H2,1-2H3/q+1. The summed E-state index contributed by atoms with van der Waals surface area (Å²) >= 11 is 0.